The molecular weight excluding hydrogens is 258 g/mol. The average molecular weight is 275 g/mol. The molecule has 8 heteroatoms. The summed E-state index contributed by atoms with van der Waals surface area (Å²) >= 11 is 0. The first-order valence-electron chi connectivity index (χ1n) is 5.76. The van der Waals surface area contributed by atoms with Crippen LogP contribution in [-0.2, 0) is 16.6 Å². The Balaban J connectivity index is 2.31. The molecule has 2 atom stereocenters. The van der Waals surface area contributed by atoms with Crippen LogP contribution in [0.4, 0.5) is 0 Å². The molecule has 0 spiro atoms. The van der Waals surface area contributed by atoms with E-state index in [-0.39, 0.29) is 18.1 Å². The molecular formula is C10H17N3O4S. The number of β-amino-alcohol motifs (C(OH)–C–C–N with tert-alkyl or cyclic N) is 2. The molecule has 0 aromatic carbocycles. The third-order valence-corrected chi connectivity index (χ3v) is 4.83. The van der Waals surface area contributed by atoms with Gasteiger partial charge in [-0.1, -0.05) is 0 Å². The summed E-state index contributed by atoms with van der Waals surface area (Å²) in [7, 11) is -3.73. The molecule has 1 fully saturated rings. The first-order chi connectivity index (χ1) is 8.36. The predicted octanol–water partition coefficient (Wildman–Crippen LogP) is -1.06. The summed E-state index contributed by atoms with van der Waals surface area (Å²) in [6.07, 6.45) is -0.592. The van der Waals surface area contributed by atoms with Crippen LogP contribution in [-0.4, -0.2) is 57.8 Å². The Hall–Kier alpha value is -0.960. The van der Waals surface area contributed by atoms with Crippen LogP contribution in [0.25, 0.3) is 0 Å². The number of aliphatic hydroxyl groups is 2. The smallest absolute Gasteiger partial charge is 0.262 e. The van der Waals surface area contributed by atoms with Crippen LogP contribution < -0.4 is 0 Å². The summed E-state index contributed by atoms with van der Waals surface area (Å²) in [4.78, 5) is 4.02. The molecule has 1 aliphatic heterocycles. The fourth-order valence-corrected chi connectivity index (χ4v) is 3.46. The summed E-state index contributed by atoms with van der Waals surface area (Å²) < 4.78 is 27.3. The maximum atomic E-state index is 12.2. The van der Waals surface area contributed by atoms with Gasteiger partial charge in [-0.15, -0.1) is 0 Å². The van der Waals surface area contributed by atoms with Crippen molar-refractivity contribution in [3.63, 3.8) is 0 Å². The molecule has 0 saturated carbocycles. The number of hydrogen-bond donors (Lipinski definition) is 2. The lowest BCUT2D eigenvalue weighted by Gasteiger charge is -2.13. The molecule has 1 aliphatic rings. The maximum absolute atomic E-state index is 12.2. The van der Waals surface area contributed by atoms with Crippen LogP contribution >= 0.6 is 0 Å². The van der Waals surface area contributed by atoms with E-state index in [0.717, 1.165) is 4.31 Å². The number of aryl methyl sites for hydroxylation is 2. The van der Waals surface area contributed by atoms with Crippen LogP contribution in [0.2, 0.25) is 0 Å². The molecule has 2 heterocycles. The Labute approximate surface area is 106 Å². The Morgan fingerprint density at radius 1 is 1.39 bits per heavy atom. The normalized spacial score (nSPS) is 25.8. The molecule has 0 aliphatic carbocycles. The number of hydrogen-bond acceptors (Lipinski definition) is 5. The highest BCUT2D eigenvalue weighted by atomic mass is 32.2. The maximum Gasteiger partial charge on any atom is 0.262 e. The Bertz CT molecular complexity index is 529. The van der Waals surface area contributed by atoms with Crippen molar-refractivity contribution in [3.8, 4) is 0 Å². The van der Waals surface area contributed by atoms with Gasteiger partial charge in [0.05, 0.1) is 12.2 Å². The van der Waals surface area contributed by atoms with Crippen LogP contribution in [0.1, 0.15) is 12.7 Å². The minimum atomic E-state index is -3.73. The van der Waals surface area contributed by atoms with E-state index in [1.165, 1.54) is 6.20 Å². The Kier molecular flexibility index (Phi) is 3.45. The zero-order valence-electron chi connectivity index (χ0n) is 10.3. The van der Waals surface area contributed by atoms with Crippen LogP contribution in [0.5, 0.6) is 0 Å². The first kappa shape index (κ1) is 13.5. The Morgan fingerprint density at radius 2 is 1.94 bits per heavy atom. The van der Waals surface area contributed by atoms with Crippen molar-refractivity contribution in [2.24, 2.45) is 0 Å². The van der Waals surface area contributed by atoms with Gasteiger partial charge in [-0.05, 0) is 13.8 Å². The second-order valence-electron chi connectivity index (χ2n) is 4.37. The monoisotopic (exact) mass is 275 g/mol. The van der Waals surface area contributed by atoms with Crippen LogP contribution in [0.15, 0.2) is 11.2 Å². The number of sulfonamides is 1. The van der Waals surface area contributed by atoms with E-state index in [1.807, 2.05) is 6.92 Å². The van der Waals surface area contributed by atoms with Gasteiger partial charge in [-0.3, -0.25) is 0 Å². The number of aromatic nitrogens is 2. The summed E-state index contributed by atoms with van der Waals surface area (Å²) in [5.41, 5.74) is 0. The lowest BCUT2D eigenvalue weighted by molar-refractivity contribution is 0.0572. The third kappa shape index (κ3) is 2.16. The van der Waals surface area contributed by atoms with Gasteiger partial charge in [0.2, 0.25) is 0 Å². The van der Waals surface area contributed by atoms with Crippen molar-refractivity contribution >= 4 is 10.0 Å². The zero-order chi connectivity index (χ0) is 13.5. The molecule has 7 nitrogen and oxygen atoms in total. The van der Waals surface area contributed by atoms with Gasteiger partial charge in [0, 0.05) is 25.8 Å². The number of nitrogens with zero attached hydrogens (tertiary/aromatic N) is 3. The highest BCUT2D eigenvalue weighted by Crippen LogP contribution is 2.20. The molecule has 1 aromatic heterocycles. The summed E-state index contributed by atoms with van der Waals surface area (Å²) in [5.74, 6) is 0.622. The molecule has 1 aromatic rings. The second-order valence-corrected chi connectivity index (χ2v) is 6.25. The molecule has 0 unspecified atom stereocenters. The largest absolute Gasteiger partial charge is 0.389 e. The fraction of sp³-hybridized carbons (Fsp3) is 0.700. The quantitative estimate of drug-likeness (QED) is 0.733. The van der Waals surface area contributed by atoms with E-state index in [2.05, 4.69) is 4.98 Å². The van der Waals surface area contributed by atoms with E-state index < -0.39 is 22.2 Å². The van der Waals surface area contributed by atoms with Crippen molar-refractivity contribution in [1.29, 1.82) is 0 Å². The highest BCUT2D eigenvalue weighted by molar-refractivity contribution is 7.89. The summed E-state index contributed by atoms with van der Waals surface area (Å²) in [6.45, 7) is 4.08. The summed E-state index contributed by atoms with van der Waals surface area (Å²) in [6, 6.07) is 0. The molecule has 1 saturated heterocycles. The van der Waals surface area contributed by atoms with Crippen molar-refractivity contribution in [1.82, 2.24) is 13.9 Å². The molecule has 0 radical (unpaired) electrons. The standard InChI is InChI=1S/C10H17N3O4S/c1-3-12-6-10(11-7(12)2)18(16,17)13-4-8(14)9(15)5-13/h6,8-9,14-15H,3-5H2,1-2H3/t8-,9+. The van der Waals surface area contributed by atoms with E-state index in [1.54, 1.807) is 11.5 Å². The van der Waals surface area contributed by atoms with Gasteiger partial charge in [0.1, 0.15) is 5.82 Å². The Morgan fingerprint density at radius 3 is 2.39 bits per heavy atom. The SMILES string of the molecule is CCn1cc(S(=O)(=O)N2C[C@@H](O)[C@@H](O)C2)nc1C. The van der Waals surface area contributed by atoms with E-state index in [0.29, 0.717) is 12.4 Å². The van der Waals surface area contributed by atoms with E-state index in [9.17, 15) is 18.6 Å². The van der Waals surface area contributed by atoms with Crippen LogP contribution in [0.3, 0.4) is 0 Å². The molecule has 18 heavy (non-hydrogen) atoms. The molecule has 2 N–H and O–H groups in total. The average Bonchev–Trinajstić information content (AvgIpc) is 2.84. The fourth-order valence-electron chi connectivity index (χ4n) is 1.99. The van der Waals surface area contributed by atoms with Crippen molar-refractivity contribution in [3.05, 3.63) is 12.0 Å². The molecule has 0 bridgehead atoms. The minimum Gasteiger partial charge on any atom is -0.389 e. The van der Waals surface area contributed by atoms with E-state index >= 15 is 0 Å². The number of rotatable bonds is 3. The molecule has 2 rings (SSSR count). The van der Waals surface area contributed by atoms with Gasteiger partial charge in [-0.25, -0.2) is 13.4 Å². The minimum absolute atomic E-state index is 0.0387. The van der Waals surface area contributed by atoms with E-state index in [4.69, 9.17) is 0 Å². The van der Waals surface area contributed by atoms with Crippen molar-refractivity contribution < 1.29 is 18.6 Å². The van der Waals surface area contributed by atoms with Crippen LogP contribution in [0, 0.1) is 6.92 Å². The van der Waals surface area contributed by atoms with Gasteiger partial charge < -0.3 is 14.8 Å². The van der Waals surface area contributed by atoms with Crippen molar-refractivity contribution in [2.75, 3.05) is 13.1 Å². The van der Waals surface area contributed by atoms with Gasteiger partial charge in [0.25, 0.3) is 10.0 Å². The van der Waals surface area contributed by atoms with Crippen molar-refractivity contribution in [2.45, 2.75) is 37.6 Å². The first-order valence-corrected chi connectivity index (χ1v) is 7.20. The second kappa shape index (κ2) is 4.61. The highest BCUT2D eigenvalue weighted by Gasteiger charge is 2.38. The lowest BCUT2D eigenvalue weighted by atomic mass is 10.3. The third-order valence-electron chi connectivity index (χ3n) is 3.12. The number of imidazole rings is 1. The predicted molar refractivity (Wildman–Crippen MR) is 63.4 cm³/mol. The summed E-state index contributed by atoms with van der Waals surface area (Å²) in [5, 5.41) is 18.8. The van der Waals surface area contributed by atoms with Gasteiger partial charge >= 0.3 is 0 Å². The zero-order valence-corrected chi connectivity index (χ0v) is 11.1. The topological polar surface area (TPSA) is 95.7 Å². The van der Waals surface area contributed by atoms with Gasteiger partial charge in [-0.2, -0.15) is 4.31 Å². The lowest BCUT2D eigenvalue weighted by Crippen LogP contribution is -2.30. The van der Waals surface area contributed by atoms with Gasteiger partial charge in [0.15, 0.2) is 5.03 Å². The molecule has 102 valence electrons. The number of aliphatic hydroxyl groups excluding tert-OH is 2. The molecule has 0 amide bonds.